The minimum absolute atomic E-state index is 0.0708. The Labute approximate surface area is 149 Å². The summed E-state index contributed by atoms with van der Waals surface area (Å²) in [6.07, 6.45) is 1.21. The van der Waals surface area contributed by atoms with E-state index in [2.05, 4.69) is 10.5 Å². The Kier molecular flexibility index (Phi) is 6.10. The van der Waals surface area contributed by atoms with Crippen LogP contribution in [-0.2, 0) is 0 Å². The van der Waals surface area contributed by atoms with Gasteiger partial charge in [-0.1, -0.05) is 0 Å². The number of hydrazone groups is 1. The van der Waals surface area contributed by atoms with Crippen molar-refractivity contribution in [3.05, 3.63) is 57.6 Å². The SMILES string of the molecule is CCOc1ccc(C(=O)N/N=C\c2cc(OC)c(O)c([N+](=O)[O-])c2)cc1. The van der Waals surface area contributed by atoms with Crippen molar-refractivity contribution < 1.29 is 24.3 Å². The molecule has 2 rings (SSSR count). The minimum Gasteiger partial charge on any atom is -0.500 e. The van der Waals surface area contributed by atoms with E-state index in [9.17, 15) is 20.0 Å². The van der Waals surface area contributed by atoms with E-state index in [1.54, 1.807) is 24.3 Å². The zero-order chi connectivity index (χ0) is 19.1. The van der Waals surface area contributed by atoms with Gasteiger partial charge in [0.2, 0.25) is 5.75 Å². The topological polar surface area (TPSA) is 123 Å². The van der Waals surface area contributed by atoms with Gasteiger partial charge >= 0.3 is 5.69 Å². The molecule has 0 saturated heterocycles. The summed E-state index contributed by atoms with van der Waals surface area (Å²) in [6.45, 7) is 2.38. The first-order valence-electron chi connectivity index (χ1n) is 7.58. The van der Waals surface area contributed by atoms with Crippen molar-refractivity contribution in [2.75, 3.05) is 13.7 Å². The average molecular weight is 359 g/mol. The summed E-state index contributed by atoms with van der Waals surface area (Å²) in [5.74, 6) is -0.452. The van der Waals surface area contributed by atoms with E-state index in [0.717, 1.165) is 6.07 Å². The fraction of sp³-hybridized carbons (Fsp3) is 0.176. The van der Waals surface area contributed by atoms with Crippen molar-refractivity contribution in [3.8, 4) is 17.2 Å². The van der Waals surface area contributed by atoms with Gasteiger partial charge in [-0.25, -0.2) is 5.43 Å². The van der Waals surface area contributed by atoms with Crippen molar-refractivity contribution in [2.24, 2.45) is 5.10 Å². The molecule has 0 fully saturated rings. The maximum atomic E-state index is 12.0. The Morgan fingerprint density at radius 3 is 2.62 bits per heavy atom. The summed E-state index contributed by atoms with van der Waals surface area (Å²) in [7, 11) is 1.27. The van der Waals surface area contributed by atoms with Gasteiger partial charge in [0.25, 0.3) is 5.91 Å². The summed E-state index contributed by atoms with van der Waals surface area (Å²) in [5.41, 5.74) is 2.44. The molecule has 9 nitrogen and oxygen atoms in total. The minimum atomic E-state index is -0.742. The van der Waals surface area contributed by atoms with Crippen LogP contribution in [0.4, 0.5) is 5.69 Å². The molecule has 0 aliphatic heterocycles. The summed E-state index contributed by atoms with van der Waals surface area (Å²) < 4.78 is 10.2. The lowest BCUT2D eigenvalue weighted by atomic mass is 10.2. The number of phenolic OH excluding ortho intramolecular Hbond substituents is 1. The standard InChI is InChI=1S/C17H17N3O6/c1-3-26-13-6-4-12(5-7-13)17(22)19-18-10-11-8-14(20(23)24)16(21)15(9-11)25-2/h4-10,21H,3H2,1-2H3,(H,19,22)/b18-10-. The number of nitrogens with zero attached hydrogens (tertiary/aromatic N) is 2. The molecule has 0 aromatic heterocycles. The number of ether oxygens (including phenoxy) is 2. The third-order valence-electron chi connectivity index (χ3n) is 3.30. The molecule has 0 radical (unpaired) electrons. The first-order chi connectivity index (χ1) is 12.5. The molecular weight excluding hydrogens is 342 g/mol. The molecule has 0 spiro atoms. The van der Waals surface area contributed by atoms with Gasteiger partial charge in [-0.2, -0.15) is 5.10 Å². The highest BCUT2D eigenvalue weighted by Gasteiger charge is 2.19. The van der Waals surface area contributed by atoms with E-state index in [0.29, 0.717) is 17.9 Å². The Hall–Kier alpha value is -3.62. The van der Waals surface area contributed by atoms with Gasteiger partial charge in [-0.05, 0) is 37.3 Å². The highest BCUT2D eigenvalue weighted by atomic mass is 16.6. The molecule has 1 amide bonds. The Balaban J connectivity index is 2.11. The van der Waals surface area contributed by atoms with E-state index in [1.807, 2.05) is 6.92 Å². The van der Waals surface area contributed by atoms with Gasteiger partial charge in [0.1, 0.15) is 5.75 Å². The van der Waals surface area contributed by atoms with Crippen molar-refractivity contribution in [1.29, 1.82) is 0 Å². The molecule has 0 heterocycles. The van der Waals surface area contributed by atoms with E-state index < -0.39 is 22.3 Å². The molecule has 0 saturated carbocycles. The number of rotatable bonds is 7. The summed E-state index contributed by atoms with van der Waals surface area (Å²) in [6, 6.07) is 8.97. The second kappa shape index (κ2) is 8.47. The zero-order valence-corrected chi connectivity index (χ0v) is 14.1. The maximum Gasteiger partial charge on any atom is 0.315 e. The smallest absolute Gasteiger partial charge is 0.315 e. The predicted octanol–water partition coefficient (Wildman–Crippen LogP) is 2.47. The van der Waals surface area contributed by atoms with Crippen molar-refractivity contribution in [1.82, 2.24) is 5.43 Å². The number of carbonyl (C=O) groups is 1. The Bertz CT molecular complexity index is 833. The number of hydrogen-bond donors (Lipinski definition) is 2. The largest absolute Gasteiger partial charge is 0.500 e. The quantitative estimate of drug-likeness (QED) is 0.445. The lowest BCUT2D eigenvalue weighted by Crippen LogP contribution is -2.17. The predicted molar refractivity (Wildman–Crippen MR) is 94.0 cm³/mol. The maximum absolute atomic E-state index is 12.0. The van der Waals surface area contributed by atoms with Crippen molar-refractivity contribution in [2.45, 2.75) is 6.92 Å². The number of hydrogen-bond acceptors (Lipinski definition) is 7. The zero-order valence-electron chi connectivity index (χ0n) is 14.1. The first kappa shape index (κ1) is 18.7. The van der Waals surface area contributed by atoms with Gasteiger partial charge in [0.15, 0.2) is 5.75 Å². The molecule has 9 heteroatoms. The summed E-state index contributed by atoms with van der Waals surface area (Å²) >= 11 is 0. The third kappa shape index (κ3) is 4.47. The molecule has 0 atom stereocenters. The highest BCUT2D eigenvalue weighted by molar-refractivity contribution is 5.95. The average Bonchev–Trinajstić information content (AvgIpc) is 2.63. The van der Waals surface area contributed by atoms with E-state index >= 15 is 0 Å². The number of carbonyl (C=O) groups excluding carboxylic acids is 1. The van der Waals surface area contributed by atoms with Crippen LogP contribution in [0.25, 0.3) is 0 Å². The Morgan fingerprint density at radius 2 is 2.04 bits per heavy atom. The first-order valence-corrected chi connectivity index (χ1v) is 7.58. The lowest BCUT2D eigenvalue weighted by Gasteiger charge is -2.05. The van der Waals surface area contributed by atoms with E-state index in [-0.39, 0.29) is 11.3 Å². The molecular formula is C17H17N3O6. The van der Waals surface area contributed by atoms with Crippen LogP contribution in [0.2, 0.25) is 0 Å². The van der Waals surface area contributed by atoms with Gasteiger partial charge in [0.05, 0.1) is 24.9 Å². The summed E-state index contributed by atoms with van der Waals surface area (Å²) in [4.78, 5) is 22.2. The second-order valence-corrected chi connectivity index (χ2v) is 5.00. The number of aromatic hydroxyl groups is 1. The highest BCUT2D eigenvalue weighted by Crippen LogP contribution is 2.36. The number of nitro groups is 1. The molecule has 26 heavy (non-hydrogen) atoms. The number of benzene rings is 2. The van der Waals surface area contributed by atoms with Crippen LogP contribution in [0, 0.1) is 10.1 Å². The van der Waals surface area contributed by atoms with Crippen LogP contribution >= 0.6 is 0 Å². The van der Waals surface area contributed by atoms with Crippen molar-refractivity contribution in [3.63, 3.8) is 0 Å². The van der Waals surface area contributed by atoms with Crippen LogP contribution in [0.15, 0.2) is 41.5 Å². The van der Waals surface area contributed by atoms with Crippen LogP contribution in [0.1, 0.15) is 22.8 Å². The van der Waals surface area contributed by atoms with Gasteiger partial charge in [-0.3, -0.25) is 14.9 Å². The normalized spacial score (nSPS) is 10.5. The Morgan fingerprint density at radius 1 is 1.35 bits per heavy atom. The van der Waals surface area contributed by atoms with Crippen LogP contribution in [-0.4, -0.2) is 35.9 Å². The molecule has 2 aromatic rings. The number of nitro benzene ring substituents is 1. The summed E-state index contributed by atoms with van der Waals surface area (Å²) in [5, 5.41) is 24.4. The van der Waals surface area contributed by atoms with E-state index in [4.69, 9.17) is 9.47 Å². The molecule has 136 valence electrons. The lowest BCUT2D eigenvalue weighted by molar-refractivity contribution is -0.386. The molecule has 0 unspecified atom stereocenters. The van der Waals surface area contributed by atoms with Gasteiger partial charge < -0.3 is 14.6 Å². The second-order valence-electron chi connectivity index (χ2n) is 5.00. The molecule has 2 aromatic carbocycles. The molecule has 0 aliphatic rings. The van der Waals surface area contributed by atoms with Crippen LogP contribution in [0.3, 0.4) is 0 Å². The van der Waals surface area contributed by atoms with Crippen LogP contribution < -0.4 is 14.9 Å². The fourth-order valence-electron chi connectivity index (χ4n) is 2.08. The fourth-order valence-corrected chi connectivity index (χ4v) is 2.08. The van der Waals surface area contributed by atoms with E-state index in [1.165, 1.54) is 19.4 Å². The van der Waals surface area contributed by atoms with Gasteiger partial charge in [0, 0.05) is 17.2 Å². The number of methoxy groups -OCH3 is 1. The molecule has 0 aliphatic carbocycles. The molecule has 2 N–H and O–H groups in total. The molecule has 0 bridgehead atoms. The monoisotopic (exact) mass is 359 g/mol. The number of nitrogens with one attached hydrogen (secondary N) is 1. The van der Waals surface area contributed by atoms with Crippen LogP contribution in [0.5, 0.6) is 17.2 Å². The van der Waals surface area contributed by atoms with Gasteiger partial charge in [-0.15, -0.1) is 0 Å². The van der Waals surface area contributed by atoms with Crippen molar-refractivity contribution >= 4 is 17.8 Å². The number of phenols is 1. The number of amides is 1. The third-order valence-corrected chi connectivity index (χ3v) is 3.30.